The van der Waals surface area contributed by atoms with Crippen molar-refractivity contribution in [2.75, 3.05) is 18.5 Å². The predicted molar refractivity (Wildman–Crippen MR) is 171 cm³/mol. The van der Waals surface area contributed by atoms with Crippen molar-refractivity contribution in [3.8, 4) is 11.4 Å². The summed E-state index contributed by atoms with van der Waals surface area (Å²) in [5.74, 6) is 0.156. The molecule has 5 rings (SSSR count). The van der Waals surface area contributed by atoms with E-state index in [9.17, 15) is 14.4 Å². The number of anilines is 1. The van der Waals surface area contributed by atoms with Crippen LogP contribution >= 0.6 is 23.1 Å². The highest BCUT2D eigenvalue weighted by Crippen LogP contribution is 2.40. The number of hydrogen-bond acceptors (Lipinski definition) is 9. The molecular weight excluding hydrogens is 599 g/mol. The lowest BCUT2D eigenvalue weighted by atomic mass is 10.1. The average molecular weight is 634 g/mol. The highest BCUT2D eigenvalue weighted by molar-refractivity contribution is 8.00. The molecule has 4 aromatic rings. The lowest BCUT2D eigenvalue weighted by Crippen LogP contribution is -2.29. The van der Waals surface area contributed by atoms with E-state index in [4.69, 9.17) is 9.47 Å². The van der Waals surface area contributed by atoms with Crippen molar-refractivity contribution < 1.29 is 23.9 Å². The number of aryl methyl sites for hydroxylation is 3. The Labute approximate surface area is 264 Å². The van der Waals surface area contributed by atoms with Gasteiger partial charge in [-0.25, -0.2) is 4.79 Å². The fraction of sp³-hybridized carbons (Fsp3) is 0.344. The fourth-order valence-corrected chi connectivity index (χ4v) is 7.08. The van der Waals surface area contributed by atoms with E-state index < -0.39 is 11.2 Å². The summed E-state index contributed by atoms with van der Waals surface area (Å²) in [4.78, 5) is 39.9. The molecule has 2 aromatic heterocycles. The van der Waals surface area contributed by atoms with Gasteiger partial charge in [0.2, 0.25) is 5.91 Å². The Kier molecular flexibility index (Phi) is 10.0. The van der Waals surface area contributed by atoms with Gasteiger partial charge in [-0.2, -0.15) is 0 Å². The highest BCUT2D eigenvalue weighted by atomic mass is 32.2. The number of ether oxygens (including phenoxy) is 2. The van der Waals surface area contributed by atoms with E-state index in [-0.39, 0.29) is 31.6 Å². The molecule has 0 bridgehead atoms. The van der Waals surface area contributed by atoms with E-state index >= 15 is 0 Å². The van der Waals surface area contributed by atoms with Crippen LogP contribution in [0.25, 0.3) is 5.69 Å². The van der Waals surface area contributed by atoms with Crippen LogP contribution in [0.15, 0.2) is 53.7 Å². The molecule has 1 aliphatic carbocycles. The molecule has 2 N–H and O–H groups in total. The minimum Gasteiger partial charge on any atom is -0.484 e. The molecule has 0 fully saturated rings. The Bertz CT molecular complexity index is 1670. The third-order valence-electron chi connectivity index (χ3n) is 7.15. The van der Waals surface area contributed by atoms with Crippen LogP contribution in [0.4, 0.5) is 5.00 Å². The number of fused-ring (bicyclic) bond motifs is 1. The van der Waals surface area contributed by atoms with Crippen molar-refractivity contribution in [1.82, 2.24) is 20.1 Å². The quantitative estimate of drug-likeness (QED) is 0.157. The first-order valence-electron chi connectivity index (χ1n) is 14.5. The molecule has 1 aliphatic rings. The van der Waals surface area contributed by atoms with Crippen molar-refractivity contribution in [3.05, 3.63) is 81.5 Å². The van der Waals surface area contributed by atoms with Crippen molar-refractivity contribution in [3.63, 3.8) is 0 Å². The molecule has 0 aliphatic heterocycles. The predicted octanol–water partition coefficient (Wildman–Crippen LogP) is 5.43. The summed E-state index contributed by atoms with van der Waals surface area (Å²) in [7, 11) is 0. The molecule has 12 heteroatoms. The van der Waals surface area contributed by atoms with Crippen LogP contribution in [0.5, 0.6) is 5.75 Å². The molecule has 0 saturated carbocycles. The number of carbonyl (C=O) groups excluding carboxylic acids is 3. The molecule has 0 spiro atoms. The number of benzene rings is 2. The molecule has 2 aromatic carbocycles. The summed E-state index contributed by atoms with van der Waals surface area (Å²) in [5.41, 5.74) is 4.35. The monoisotopic (exact) mass is 633 g/mol. The van der Waals surface area contributed by atoms with E-state index in [0.29, 0.717) is 27.3 Å². The molecule has 44 heavy (non-hydrogen) atoms. The van der Waals surface area contributed by atoms with Gasteiger partial charge in [-0.05, 0) is 81.8 Å². The molecule has 10 nitrogen and oxygen atoms in total. The van der Waals surface area contributed by atoms with Crippen molar-refractivity contribution in [1.29, 1.82) is 0 Å². The maximum absolute atomic E-state index is 13.5. The number of hydrogen-bond donors (Lipinski definition) is 2. The number of aromatic nitrogens is 3. The topological polar surface area (TPSA) is 124 Å². The second-order valence-electron chi connectivity index (χ2n) is 10.4. The van der Waals surface area contributed by atoms with Gasteiger partial charge in [0, 0.05) is 4.88 Å². The number of thioether (sulfide) groups is 1. The van der Waals surface area contributed by atoms with Crippen molar-refractivity contribution in [2.45, 2.75) is 63.9 Å². The molecule has 230 valence electrons. The van der Waals surface area contributed by atoms with E-state index in [1.54, 1.807) is 26.0 Å². The Morgan fingerprint density at radius 1 is 1.09 bits per heavy atom. The molecule has 2 amide bonds. The first-order valence-corrected chi connectivity index (χ1v) is 16.2. The number of nitrogens with one attached hydrogen (secondary N) is 2. The van der Waals surface area contributed by atoms with Crippen LogP contribution in [0.3, 0.4) is 0 Å². The van der Waals surface area contributed by atoms with Gasteiger partial charge in [0.1, 0.15) is 10.8 Å². The molecule has 0 saturated heterocycles. The van der Waals surface area contributed by atoms with Crippen molar-refractivity contribution >= 4 is 45.9 Å². The summed E-state index contributed by atoms with van der Waals surface area (Å²) in [6, 6.07) is 15.2. The van der Waals surface area contributed by atoms with Crippen molar-refractivity contribution in [2.24, 2.45) is 0 Å². The number of para-hydroxylation sites is 1. The van der Waals surface area contributed by atoms with E-state index in [1.807, 2.05) is 54.8 Å². The van der Waals surface area contributed by atoms with Crippen LogP contribution in [0, 0.1) is 13.8 Å². The summed E-state index contributed by atoms with van der Waals surface area (Å²) in [6.45, 7) is 7.78. The maximum atomic E-state index is 13.5. The zero-order valence-corrected chi connectivity index (χ0v) is 26.8. The third kappa shape index (κ3) is 7.13. The SMILES string of the molecule is CCOC(=O)c1c(NC(=O)[C@H](C)Sc2nnc(CNC(=O)COc3ccccc3)n2-c2cc(C)ccc2C)sc2c1CCC2. The van der Waals surface area contributed by atoms with E-state index in [1.165, 1.54) is 23.1 Å². The zero-order chi connectivity index (χ0) is 31.2. The molecule has 2 heterocycles. The van der Waals surface area contributed by atoms with Gasteiger partial charge >= 0.3 is 5.97 Å². The van der Waals surface area contributed by atoms with Gasteiger partial charge in [0.15, 0.2) is 17.6 Å². The first kappa shape index (κ1) is 31.3. The summed E-state index contributed by atoms with van der Waals surface area (Å²) >= 11 is 2.70. The Morgan fingerprint density at radius 2 is 1.89 bits per heavy atom. The minimum absolute atomic E-state index is 0.113. The first-order chi connectivity index (χ1) is 21.2. The largest absolute Gasteiger partial charge is 0.484 e. The number of rotatable bonds is 12. The van der Waals surface area contributed by atoms with Gasteiger partial charge in [-0.15, -0.1) is 21.5 Å². The van der Waals surface area contributed by atoms with Crippen LogP contribution in [0.2, 0.25) is 0 Å². The second kappa shape index (κ2) is 14.1. The number of amides is 2. The summed E-state index contributed by atoms with van der Waals surface area (Å²) < 4.78 is 12.7. The van der Waals surface area contributed by atoms with Crippen LogP contribution in [0.1, 0.15) is 58.0 Å². The standard InChI is InChI=1S/C32H35N5O5S2/c1-5-41-31(40)28-23-12-9-13-25(23)44-30(28)34-29(39)21(4)43-32-36-35-26(37(32)24-16-19(2)14-15-20(24)3)17-33-27(38)18-42-22-10-7-6-8-11-22/h6-8,10-11,14-16,21H,5,9,12-13,17-18H2,1-4H3,(H,33,38)(H,34,39)/t21-/m0/s1. The van der Waals surface area contributed by atoms with Crippen LogP contribution in [-0.4, -0.2) is 51.0 Å². The summed E-state index contributed by atoms with van der Waals surface area (Å²) in [5, 5.41) is 15.1. The fourth-order valence-electron chi connectivity index (χ4n) is 4.92. The van der Waals surface area contributed by atoms with Crippen LogP contribution in [-0.2, 0) is 33.7 Å². The van der Waals surface area contributed by atoms with Gasteiger partial charge in [-0.1, -0.05) is 42.1 Å². The third-order valence-corrected chi connectivity index (χ3v) is 9.40. The van der Waals surface area contributed by atoms with Gasteiger partial charge in [0.05, 0.1) is 29.7 Å². The Balaban J connectivity index is 1.33. The number of carbonyl (C=O) groups is 3. The lowest BCUT2D eigenvalue weighted by Gasteiger charge is -2.16. The van der Waals surface area contributed by atoms with Gasteiger partial charge in [-0.3, -0.25) is 14.2 Å². The summed E-state index contributed by atoms with van der Waals surface area (Å²) in [6.07, 6.45) is 2.69. The maximum Gasteiger partial charge on any atom is 0.341 e. The minimum atomic E-state index is -0.572. The van der Waals surface area contributed by atoms with Gasteiger partial charge in [0.25, 0.3) is 5.91 Å². The Morgan fingerprint density at radius 3 is 2.66 bits per heavy atom. The molecule has 1 atom stereocenters. The molecular formula is C32H35N5O5S2. The normalized spacial score (nSPS) is 12.8. The van der Waals surface area contributed by atoms with E-state index in [2.05, 4.69) is 20.8 Å². The average Bonchev–Trinajstić information content (AvgIpc) is 3.71. The van der Waals surface area contributed by atoms with Gasteiger partial charge < -0.3 is 20.1 Å². The highest BCUT2D eigenvalue weighted by Gasteiger charge is 2.30. The number of nitrogens with zero attached hydrogens (tertiary/aromatic N) is 3. The Hall–Kier alpha value is -4.16. The molecule has 0 radical (unpaired) electrons. The number of esters is 1. The van der Waals surface area contributed by atoms with Crippen LogP contribution < -0.4 is 15.4 Å². The smallest absolute Gasteiger partial charge is 0.341 e. The lowest BCUT2D eigenvalue weighted by molar-refractivity contribution is -0.123. The van der Waals surface area contributed by atoms with E-state index in [0.717, 1.165) is 46.5 Å². The number of thiophene rings is 1. The molecule has 0 unspecified atom stereocenters. The second-order valence-corrected chi connectivity index (χ2v) is 12.8. The zero-order valence-electron chi connectivity index (χ0n) is 25.1.